The Morgan fingerprint density at radius 3 is 1.65 bits per heavy atom. The van der Waals surface area contributed by atoms with Crippen molar-refractivity contribution in [3.05, 3.63) is 0 Å². The minimum atomic E-state index is -0.633. The molecule has 0 radical (unpaired) electrons. The van der Waals surface area contributed by atoms with Gasteiger partial charge in [0.15, 0.2) is 0 Å². The topological polar surface area (TPSA) is 77.4 Å². The van der Waals surface area contributed by atoms with E-state index < -0.39 is 6.10 Å². The Bertz CT molecular complexity index is 313. The molecule has 0 amide bonds. The highest BCUT2D eigenvalue weighted by atomic mass is 16.6. The number of hydrogen-bond donors (Lipinski definition) is 2. The standard InChI is InChI=1S/C20H42O6/c1-7-20(8-2,9-3)15-23-13-19(22)14-26-18(6)12-25-17(5)11-24-16(4)10-21/h16-19,21-22H,7-15H2,1-6H3. The van der Waals surface area contributed by atoms with E-state index in [2.05, 4.69) is 20.8 Å². The van der Waals surface area contributed by atoms with E-state index >= 15 is 0 Å². The monoisotopic (exact) mass is 378 g/mol. The van der Waals surface area contributed by atoms with Crippen molar-refractivity contribution in [3.63, 3.8) is 0 Å². The number of aliphatic hydroxyl groups is 2. The summed E-state index contributed by atoms with van der Waals surface area (Å²) in [6.07, 6.45) is 2.24. The molecule has 0 heterocycles. The zero-order valence-electron chi connectivity index (χ0n) is 17.7. The van der Waals surface area contributed by atoms with Crippen molar-refractivity contribution in [2.75, 3.05) is 39.6 Å². The van der Waals surface area contributed by atoms with Crippen LogP contribution in [0, 0.1) is 5.41 Å². The van der Waals surface area contributed by atoms with Gasteiger partial charge in [-0.2, -0.15) is 0 Å². The van der Waals surface area contributed by atoms with Crippen molar-refractivity contribution < 1.29 is 29.2 Å². The summed E-state index contributed by atoms with van der Waals surface area (Å²) in [6, 6.07) is 0. The van der Waals surface area contributed by atoms with Crippen molar-refractivity contribution in [2.24, 2.45) is 5.41 Å². The molecule has 2 N–H and O–H groups in total. The van der Waals surface area contributed by atoms with E-state index in [0.29, 0.717) is 26.4 Å². The van der Waals surface area contributed by atoms with E-state index in [0.717, 1.165) is 19.3 Å². The Hall–Kier alpha value is -0.240. The Labute approximate surface area is 160 Å². The average Bonchev–Trinajstić information content (AvgIpc) is 2.66. The molecule has 0 spiro atoms. The molecule has 158 valence electrons. The summed E-state index contributed by atoms with van der Waals surface area (Å²) in [5.74, 6) is 0. The van der Waals surface area contributed by atoms with Crippen LogP contribution >= 0.6 is 0 Å². The van der Waals surface area contributed by atoms with Crippen LogP contribution in [0.1, 0.15) is 60.8 Å². The first-order chi connectivity index (χ1) is 12.3. The smallest absolute Gasteiger partial charge is 0.101 e. The summed E-state index contributed by atoms with van der Waals surface area (Å²) in [5.41, 5.74) is 0.216. The number of aliphatic hydroxyl groups excluding tert-OH is 2. The van der Waals surface area contributed by atoms with Gasteiger partial charge in [0.25, 0.3) is 0 Å². The summed E-state index contributed by atoms with van der Waals surface area (Å²) < 4.78 is 22.4. The van der Waals surface area contributed by atoms with Crippen LogP contribution in [-0.4, -0.2) is 74.3 Å². The van der Waals surface area contributed by atoms with Gasteiger partial charge in [-0.1, -0.05) is 20.8 Å². The quantitative estimate of drug-likeness (QED) is 0.405. The van der Waals surface area contributed by atoms with E-state index in [1.54, 1.807) is 0 Å². The first-order valence-electron chi connectivity index (χ1n) is 10.0. The Morgan fingerprint density at radius 1 is 0.731 bits per heavy atom. The van der Waals surface area contributed by atoms with Gasteiger partial charge in [0.05, 0.1) is 58.0 Å². The molecule has 0 aliphatic carbocycles. The van der Waals surface area contributed by atoms with Crippen LogP contribution in [0.5, 0.6) is 0 Å². The van der Waals surface area contributed by atoms with Crippen molar-refractivity contribution in [2.45, 2.75) is 85.2 Å². The fourth-order valence-corrected chi connectivity index (χ4v) is 2.54. The lowest BCUT2D eigenvalue weighted by atomic mass is 9.81. The molecule has 0 aliphatic rings. The van der Waals surface area contributed by atoms with E-state index in [-0.39, 0.29) is 36.9 Å². The maximum atomic E-state index is 10.0. The molecular weight excluding hydrogens is 336 g/mol. The normalized spacial score (nSPS) is 17.1. The van der Waals surface area contributed by atoms with E-state index in [4.69, 9.17) is 24.1 Å². The first kappa shape index (κ1) is 25.8. The van der Waals surface area contributed by atoms with Crippen LogP contribution in [0.15, 0.2) is 0 Å². The fourth-order valence-electron chi connectivity index (χ4n) is 2.54. The van der Waals surface area contributed by atoms with E-state index in [9.17, 15) is 5.11 Å². The second-order valence-corrected chi connectivity index (χ2v) is 7.34. The second-order valence-electron chi connectivity index (χ2n) is 7.34. The van der Waals surface area contributed by atoms with E-state index in [1.165, 1.54) is 0 Å². The number of rotatable bonds is 17. The SMILES string of the molecule is CCC(CC)(CC)COCC(O)COC(C)COC(C)COC(C)CO. The number of ether oxygens (including phenoxy) is 4. The minimum absolute atomic E-state index is 0.00206. The van der Waals surface area contributed by atoms with Crippen molar-refractivity contribution in [1.29, 1.82) is 0 Å². The molecule has 0 aromatic rings. The second kappa shape index (κ2) is 14.8. The van der Waals surface area contributed by atoms with Gasteiger partial charge < -0.3 is 29.2 Å². The third kappa shape index (κ3) is 11.5. The predicted molar refractivity (Wildman–Crippen MR) is 103 cm³/mol. The Kier molecular flexibility index (Phi) is 14.6. The molecule has 6 nitrogen and oxygen atoms in total. The number of hydrogen-bond acceptors (Lipinski definition) is 6. The lowest BCUT2D eigenvalue weighted by Gasteiger charge is -2.30. The first-order valence-corrected chi connectivity index (χ1v) is 10.0. The minimum Gasteiger partial charge on any atom is -0.394 e. The maximum Gasteiger partial charge on any atom is 0.101 e. The molecule has 0 saturated heterocycles. The maximum absolute atomic E-state index is 10.0. The molecule has 6 heteroatoms. The van der Waals surface area contributed by atoms with Crippen LogP contribution in [0.25, 0.3) is 0 Å². The van der Waals surface area contributed by atoms with Gasteiger partial charge in [-0.05, 0) is 45.4 Å². The van der Waals surface area contributed by atoms with Crippen LogP contribution < -0.4 is 0 Å². The molecule has 0 aromatic heterocycles. The van der Waals surface area contributed by atoms with Crippen molar-refractivity contribution >= 4 is 0 Å². The van der Waals surface area contributed by atoms with Crippen molar-refractivity contribution in [3.8, 4) is 0 Å². The molecule has 4 unspecified atom stereocenters. The molecule has 0 rings (SSSR count). The lowest BCUT2D eigenvalue weighted by molar-refractivity contribution is -0.0943. The van der Waals surface area contributed by atoms with Gasteiger partial charge in [-0.3, -0.25) is 0 Å². The highest BCUT2D eigenvalue weighted by molar-refractivity contribution is 4.74. The fraction of sp³-hybridized carbons (Fsp3) is 1.00. The zero-order chi connectivity index (χ0) is 20.0. The molecular formula is C20H42O6. The highest BCUT2D eigenvalue weighted by Crippen LogP contribution is 2.30. The molecule has 26 heavy (non-hydrogen) atoms. The van der Waals surface area contributed by atoms with Crippen LogP contribution in [0.3, 0.4) is 0 Å². The summed E-state index contributed by atoms with van der Waals surface area (Å²) in [4.78, 5) is 0. The molecule has 0 bridgehead atoms. The lowest BCUT2D eigenvalue weighted by Crippen LogP contribution is -2.31. The van der Waals surface area contributed by atoms with Gasteiger partial charge in [0, 0.05) is 0 Å². The summed E-state index contributed by atoms with van der Waals surface area (Å²) in [7, 11) is 0. The average molecular weight is 379 g/mol. The summed E-state index contributed by atoms with van der Waals surface area (Å²) >= 11 is 0. The van der Waals surface area contributed by atoms with Crippen LogP contribution in [0.4, 0.5) is 0 Å². The third-order valence-electron chi connectivity index (χ3n) is 5.03. The van der Waals surface area contributed by atoms with E-state index in [1.807, 2.05) is 20.8 Å². The Morgan fingerprint density at radius 2 is 1.19 bits per heavy atom. The Balaban J connectivity index is 3.86. The molecule has 0 saturated carbocycles. The summed E-state index contributed by atoms with van der Waals surface area (Å²) in [5, 5.41) is 18.9. The van der Waals surface area contributed by atoms with Gasteiger partial charge in [-0.15, -0.1) is 0 Å². The van der Waals surface area contributed by atoms with Crippen molar-refractivity contribution in [1.82, 2.24) is 0 Å². The molecule has 0 fully saturated rings. The van der Waals surface area contributed by atoms with Crippen LogP contribution in [0.2, 0.25) is 0 Å². The molecule has 4 atom stereocenters. The van der Waals surface area contributed by atoms with Gasteiger partial charge in [-0.25, -0.2) is 0 Å². The highest BCUT2D eigenvalue weighted by Gasteiger charge is 2.24. The largest absolute Gasteiger partial charge is 0.394 e. The molecule has 0 aromatic carbocycles. The summed E-state index contributed by atoms with van der Waals surface area (Å²) in [6.45, 7) is 14.3. The van der Waals surface area contributed by atoms with Crippen LogP contribution in [-0.2, 0) is 18.9 Å². The zero-order valence-corrected chi connectivity index (χ0v) is 17.7. The molecule has 0 aliphatic heterocycles. The van der Waals surface area contributed by atoms with Gasteiger partial charge in [0.2, 0.25) is 0 Å². The van der Waals surface area contributed by atoms with Gasteiger partial charge in [0.1, 0.15) is 6.10 Å². The predicted octanol–water partition coefficient (Wildman–Crippen LogP) is 2.79. The van der Waals surface area contributed by atoms with Gasteiger partial charge >= 0.3 is 0 Å². The third-order valence-corrected chi connectivity index (χ3v) is 5.03.